The van der Waals surface area contributed by atoms with E-state index in [0.717, 1.165) is 46.3 Å². The number of likely N-dealkylation sites (N-methyl/N-ethyl adjacent to an activating group) is 1. The zero-order chi connectivity index (χ0) is 15.5. The summed E-state index contributed by atoms with van der Waals surface area (Å²) in [6.07, 6.45) is 1.98. The lowest BCUT2D eigenvalue weighted by Crippen LogP contribution is -2.44. The summed E-state index contributed by atoms with van der Waals surface area (Å²) in [5.74, 6) is 0.854. The van der Waals surface area contributed by atoms with Gasteiger partial charge in [0.1, 0.15) is 5.52 Å². The van der Waals surface area contributed by atoms with Crippen LogP contribution in [0.1, 0.15) is 17.8 Å². The molecule has 0 aliphatic carbocycles. The Bertz CT molecular complexity index is 652. The smallest absolute Gasteiger partial charge is 0.151 e. The number of rotatable bonds is 4. The van der Waals surface area contributed by atoms with Gasteiger partial charge >= 0.3 is 0 Å². The van der Waals surface area contributed by atoms with Crippen molar-refractivity contribution in [3.63, 3.8) is 0 Å². The summed E-state index contributed by atoms with van der Waals surface area (Å²) in [4.78, 5) is 9.60. The van der Waals surface area contributed by atoms with Crippen LogP contribution in [-0.4, -0.2) is 64.8 Å². The molecular formula is C16H22BrN5. The molecule has 2 aromatic rings. The topological polar surface area (TPSA) is 45.2 Å². The SMILES string of the molecule is Cc1cc(Br)cc2nnc(CCCN3CCN(C)CC3)nc12. The highest BCUT2D eigenvalue weighted by Gasteiger charge is 2.13. The van der Waals surface area contributed by atoms with E-state index in [9.17, 15) is 0 Å². The van der Waals surface area contributed by atoms with Crippen molar-refractivity contribution in [3.8, 4) is 0 Å². The molecule has 6 heteroatoms. The van der Waals surface area contributed by atoms with Gasteiger partial charge in [-0.3, -0.25) is 0 Å². The number of piperazine rings is 1. The molecule has 1 aliphatic heterocycles. The second-order valence-corrected chi connectivity index (χ2v) is 6.98. The first-order valence-electron chi connectivity index (χ1n) is 7.82. The Morgan fingerprint density at radius 1 is 1.14 bits per heavy atom. The largest absolute Gasteiger partial charge is 0.304 e. The van der Waals surface area contributed by atoms with Crippen LogP contribution in [0.2, 0.25) is 0 Å². The summed E-state index contributed by atoms with van der Waals surface area (Å²) in [6, 6.07) is 4.04. The van der Waals surface area contributed by atoms with Gasteiger partial charge in [0, 0.05) is 37.1 Å². The summed E-state index contributed by atoms with van der Waals surface area (Å²) < 4.78 is 1.02. The predicted octanol–water partition coefficient (Wildman–Crippen LogP) is 2.28. The third kappa shape index (κ3) is 3.80. The average molecular weight is 364 g/mol. The molecule has 1 fully saturated rings. The van der Waals surface area contributed by atoms with Gasteiger partial charge in [-0.2, -0.15) is 0 Å². The predicted molar refractivity (Wildman–Crippen MR) is 92.0 cm³/mol. The first-order chi connectivity index (χ1) is 10.6. The fraction of sp³-hybridized carbons (Fsp3) is 0.562. The van der Waals surface area contributed by atoms with Crippen LogP contribution >= 0.6 is 15.9 Å². The maximum Gasteiger partial charge on any atom is 0.151 e. The van der Waals surface area contributed by atoms with E-state index in [-0.39, 0.29) is 0 Å². The molecule has 118 valence electrons. The standard InChI is InChI=1S/C16H22BrN5/c1-12-10-13(17)11-14-16(12)18-15(20-19-14)4-3-5-22-8-6-21(2)7-9-22/h10-11H,3-9H2,1-2H3. The quantitative estimate of drug-likeness (QED) is 0.833. The van der Waals surface area contributed by atoms with Crippen LogP contribution in [0, 0.1) is 6.92 Å². The molecule has 0 radical (unpaired) electrons. The maximum atomic E-state index is 4.69. The van der Waals surface area contributed by atoms with E-state index in [4.69, 9.17) is 0 Å². The van der Waals surface area contributed by atoms with Crippen molar-refractivity contribution < 1.29 is 0 Å². The van der Waals surface area contributed by atoms with Gasteiger partial charge in [0.2, 0.25) is 0 Å². The van der Waals surface area contributed by atoms with Crippen LogP contribution in [0.15, 0.2) is 16.6 Å². The van der Waals surface area contributed by atoms with Gasteiger partial charge in [-0.25, -0.2) is 4.98 Å². The van der Waals surface area contributed by atoms with Gasteiger partial charge < -0.3 is 9.80 Å². The summed E-state index contributed by atoms with van der Waals surface area (Å²) in [6.45, 7) is 7.86. The summed E-state index contributed by atoms with van der Waals surface area (Å²) in [5.41, 5.74) is 2.96. The Morgan fingerprint density at radius 3 is 2.68 bits per heavy atom. The highest BCUT2D eigenvalue weighted by molar-refractivity contribution is 9.10. The Hall–Kier alpha value is -1.11. The molecule has 1 saturated heterocycles. The fourth-order valence-corrected chi connectivity index (χ4v) is 3.40. The van der Waals surface area contributed by atoms with Crippen molar-refractivity contribution in [2.45, 2.75) is 19.8 Å². The normalized spacial score (nSPS) is 17.2. The van der Waals surface area contributed by atoms with Gasteiger partial charge in [-0.1, -0.05) is 15.9 Å². The number of nitrogens with zero attached hydrogens (tertiary/aromatic N) is 5. The molecule has 5 nitrogen and oxygen atoms in total. The van der Waals surface area contributed by atoms with Crippen molar-refractivity contribution in [1.82, 2.24) is 25.0 Å². The Balaban J connectivity index is 1.60. The molecule has 2 heterocycles. The molecular weight excluding hydrogens is 342 g/mol. The molecule has 1 aromatic heterocycles. The number of aromatic nitrogens is 3. The van der Waals surface area contributed by atoms with Crippen molar-refractivity contribution in [2.75, 3.05) is 39.8 Å². The second kappa shape index (κ2) is 6.98. The van der Waals surface area contributed by atoms with E-state index in [1.807, 2.05) is 6.07 Å². The molecule has 0 unspecified atom stereocenters. The lowest BCUT2D eigenvalue weighted by molar-refractivity contribution is 0.153. The molecule has 0 spiro atoms. The fourth-order valence-electron chi connectivity index (χ4n) is 2.84. The first-order valence-corrected chi connectivity index (χ1v) is 8.61. The van der Waals surface area contributed by atoms with Crippen LogP contribution in [0.5, 0.6) is 0 Å². The molecule has 1 aliphatic rings. The van der Waals surface area contributed by atoms with Crippen molar-refractivity contribution in [1.29, 1.82) is 0 Å². The summed E-state index contributed by atoms with van der Waals surface area (Å²) in [7, 11) is 2.19. The Kier molecular flexibility index (Phi) is 5.00. The van der Waals surface area contributed by atoms with Crippen LogP contribution in [0.3, 0.4) is 0 Å². The third-order valence-electron chi connectivity index (χ3n) is 4.23. The van der Waals surface area contributed by atoms with Crippen molar-refractivity contribution in [2.24, 2.45) is 0 Å². The van der Waals surface area contributed by atoms with Gasteiger partial charge in [-0.05, 0) is 44.6 Å². The van der Waals surface area contributed by atoms with E-state index in [2.05, 4.69) is 60.9 Å². The van der Waals surface area contributed by atoms with E-state index in [0.29, 0.717) is 0 Å². The number of aryl methyl sites for hydroxylation is 2. The monoisotopic (exact) mass is 363 g/mol. The lowest BCUT2D eigenvalue weighted by atomic mass is 10.2. The highest BCUT2D eigenvalue weighted by atomic mass is 79.9. The van der Waals surface area contributed by atoms with E-state index >= 15 is 0 Å². The van der Waals surface area contributed by atoms with Crippen LogP contribution < -0.4 is 0 Å². The van der Waals surface area contributed by atoms with Crippen molar-refractivity contribution in [3.05, 3.63) is 28.0 Å². The third-order valence-corrected chi connectivity index (χ3v) is 4.69. The number of hydrogen-bond acceptors (Lipinski definition) is 5. The van der Waals surface area contributed by atoms with Crippen molar-refractivity contribution >= 4 is 27.0 Å². The zero-order valence-electron chi connectivity index (χ0n) is 13.2. The minimum Gasteiger partial charge on any atom is -0.304 e. The van der Waals surface area contributed by atoms with Gasteiger partial charge in [0.15, 0.2) is 5.82 Å². The van der Waals surface area contributed by atoms with Crippen LogP contribution in [0.25, 0.3) is 11.0 Å². The molecule has 0 amide bonds. The second-order valence-electron chi connectivity index (χ2n) is 6.07. The summed E-state index contributed by atoms with van der Waals surface area (Å²) >= 11 is 3.49. The lowest BCUT2D eigenvalue weighted by Gasteiger charge is -2.32. The maximum absolute atomic E-state index is 4.69. The van der Waals surface area contributed by atoms with Crippen LogP contribution in [0.4, 0.5) is 0 Å². The molecule has 0 N–H and O–H groups in total. The molecule has 0 bridgehead atoms. The first kappa shape index (κ1) is 15.8. The molecule has 0 saturated carbocycles. The average Bonchev–Trinajstić information content (AvgIpc) is 2.50. The Morgan fingerprint density at radius 2 is 1.91 bits per heavy atom. The minimum atomic E-state index is 0.854. The zero-order valence-corrected chi connectivity index (χ0v) is 14.8. The van der Waals surface area contributed by atoms with Gasteiger partial charge in [-0.15, -0.1) is 10.2 Å². The van der Waals surface area contributed by atoms with Gasteiger partial charge in [0.05, 0.1) is 5.52 Å². The number of hydrogen-bond donors (Lipinski definition) is 0. The molecule has 1 aromatic carbocycles. The molecule has 3 rings (SSSR count). The van der Waals surface area contributed by atoms with E-state index in [1.165, 1.54) is 26.2 Å². The number of halogens is 1. The van der Waals surface area contributed by atoms with Gasteiger partial charge in [0.25, 0.3) is 0 Å². The van der Waals surface area contributed by atoms with Crippen LogP contribution in [-0.2, 0) is 6.42 Å². The Labute approximate surface area is 139 Å². The number of benzene rings is 1. The minimum absolute atomic E-state index is 0.854. The summed E-state index contributed by atoms with van der Waals surface area (Å²) in [5, 5.41) is 8.59. The van der Waals surface area contributed by atoms with E-state index in [1.54, 1.807) is 0 Å². The van der Waals surface area contributed by atoms with E-state index < -0.39 is 0 Å². The highest BCUT2D eigenvalue weighted by Crippen LogP contribution is 2.20. The number of fused-ring (bicyclic) bond motifs is 1. The molecule has 22 heavy (non-hydrogen) atoms. The molecule has 0 atom stereocenters.